The van der Waals surface area contributed by atoms with Crippen LogP contribution in [0.2, 0.25) is 0 Å². The van der Waals surface area contributed by atoms with Crippen molar-refractivity contribution in [1.29, 1.82) is 0 Å². The molecule has 0 aliphatic rings. The normalized spacial score (nSPS) is 10.4. The molecular weight excluding hydrogens is 240 g/mol. The number of rotatable bonds is 3. The van der Waals surface area contributed by atoms with Crippen molar-refractivity contribution < 1.29 is 0 Å². The van der Waals surface area contributed by atoms with Gasteiger partial charge in [-0.05, 0) is 11.6 Å². The Labute approximate surface area is 110 Å². The summed E-state index contributed by atoms with van der Waals surface area (Å²) in [6.07, 6.45) is 0.845. The highest BCUT2D eigenvalue weighted by Crippen LogP contribution is 2.24. The van der Waals surface area contributed by atoms with Crippen molar-refractivity contribution in [3.8, 4) is 10.6 Å². The van der Waals surface area contributed by atoms with Gasteiger partial charge in [-0.2, -0.15) is 0 Å². The minimum Gasteiger partial charge on any atom is -0.143 e. The zero-order valence-electron chi connectivity index (χ0n) is 9.71. The van der Waals surface area contributed by atoms with Crippen molar-refractivity contribution in [3.05, 3.63) is 71.2 Å². The van der Waals surface area contributed by atoms with E-state index in [1.54, 1.807) is 11.3 Å². The highest BCUT2D eigenvalue weighted by Gasteiger charge is 2.06. The Morgan fingerprint density at radius 3 is 2.50 bits per heavy atom. The molecular formula is C15H11N2S. The van der Waals surface area contributed by atoms with Gasteiger partial charge in [0, 0.05) is 12.0 Å². The molecule has 0 aliphatic carbocycles. The predicted octanol–water partition coefficient (Wildman–Crippen LogP) is 3.60. The molecule has 0 fully saturated rings. The third kappa shape index (κ3) is 2.46. The van der Waals surface area contributed by atoms with Gasteiger partial charge in [-0.3, -0.25) is 0 Å². The molecule has 87 valence electrons. The second-order valence-electron chi connectivity index (χ2n) is 3.95. The predicted molar refractivity (Wildman–Crippen MR) is 73.4 cm³/mol. The van der Waals surface area contributed by atoms with Crippen LogP contribution in [0, 0.1) is 6.07 Å². The molecule has 3 heteroatoms. The molecule has 0 atom stereocenters. The lowest BCUT2D eigenvalue weighted by Gasteiger charge is -1.95. The fourth-order valence-corrected chi connectivity index (χ4v) is 2.62. The average Bonchev–Trinajstić information content (AvgIpc) is 2.89. The maximum absolute atomic E-state index is 4.25. The molecule has 1 aromatic heterocycles. The first-order valence-corrected chi connectivity index (χ1v) is 6.56. The standard InChI is InChI=1S/C15H11N2S/c1-3-7-12(8-4-1)11-14-16-17-15(18-14)13-9-5-2-6-10-13/h1,3-10H,11H2. The van der Waals surface area contributed by atoms with Crippen LogP contribution in [0.5, 0.6) is 0 Å². The molecule has 0 saturated heterocycles. The van der Waals surface area contributed by atoms with Crippen LogP contribution in [0.25, 0.3) is 10.6 Å². The fraction of sp³-hybridized carbons (Fsp3) is 0.0667. The van der Waals surface area contributed by atoms with E-state index in [0.29, 0.717) is 0 Å². The SMILES string of the molecule is [c]1ccc(-c2nnc(Cc3ccccc3)s2)cc1. The first-order chi connectivity index (χ1) is 8.92. The van der Waals surface area contributed by atoms with Gasteiger partial charge >= 0.3 is 0 Å². The summed E-state index contributed by atoms with van der Waals surface area (Å²) in [7, 11) is 0. The minimum absolute atomic E-state index is 0.845. The zero-order valence-corrected chi connectivity index (χ0v) is 10.5. The summed E-state index contributed by atoms with van der Waals surface area (Å²) in [6, 6.07) is 21.1. The van der Waals surface area contributed by atoms with Crippen LogP contribution in [-0.2, 0) is 6.42 Å². The Morgan fingerprint density at radius 1 is 0.944 bits per heavy atom. The van der Waals surface area contributed by atoms with E-state index in [0.717, 1.165) is 22.0 Å². The van der Waals surface area contributed by atoms with Gasteiger partial charge in [0.15, 0.2) is 0 Å². The van der Waals surface area contributed by atoms with Gasteiger partial charge in [0.25, 0.3) is 0 Å². The summed E-state index contributed by atoms with van der Waals surface area (Å²) in [4.78, 5) is 0. The monoisotopic (exact) mass is 251 g/mol. The van der Waals surface area contributed by atoms with E-state index in [1.165, 1.54) is 5.56 Å². The summed E-state index contributed by atoms with van der Waals surface area (Å²) < 4.78 is 0. The van der Waals surface area contributed by atoms with Crippen LogP contribution in [0.15, 0.2) is 54.6 Å². The third-order valence-corrected chi connectivity index (χ3v) is 3.60. The maximum Gasteiger partial charge on any atom is 0.147 e. The summed E-state index contributed by atoms with van der Waals surface area (Å²) in [5.41, 5.74) is 2.37. The number of hydrogen-bond donors (Lipinski definition) is 0. The Kier molecular flexibility index (Phi) is 3.15. The van der Waals surface area contributed by atoms with E-state index in [-0.39, 0.29) is 0 Å². The van der Waals surface area contributed by atoms with Crippen molar-refractivity contribution >= 4 is 11.3 Å². The lowest BCUT2D eigenvalue weighted by atomic mass is 10.2. The molecule has 0 N–H and O–H groups in total. The van der Waals surface area contributed by atoms with Gasteiger partial charge in [0.1, 0.15) is 10.0 Å². The van der Waals surface area contributed by atoms with Crippen LogP contribution in [0.1, 0.15) is 10.6 Å². The molecule has 0 unspecified atom stereocenters. The molecule has 3 rings (SSSR count). The van der Waals surface area contributed by atoms with E-state index in [9.17, 15) is 0 Å². The number of hydrogen-bond acceptors (Lipinski definition) is 3. The molecule has 0 saturated carbocycles. The van der Waals surface area contributed by atoms with E-state index < -0.39 is 0 Å². The summed E-state index contributed by atoms with van der Waals surface area (Å²) >= 11 is 1.64. The highest BCUT2D eigenvalue weighted by molar-refractivity contribution is 7.14. The van der Waals surface area contributed by atoms with Gasteiger partial charge in [0.2, 0.25) is 0 Å². The smallest absolute Gasteiger partial charge is 0.143 e. The molecule has 3 aromatic rings. The zero-order chi connectivity index (χ0) is 12.2. The summed E-state index contributed by atoms with van der Waals surface area (Å²) in [5, 5.41) is 10.5. The Bertz CT molecular complexity index is 617. The van der Waals surface area contributed by atoms with E-state index >= 15 is 0 Å². The second kappa shape index (κ2) is 5.10. The Hall–Kier alpha value is -2.00. The maximum atomic E-state index is 4.25. The van der Waals surface area contributed by atoms with Crippen LogP contribution in [0.3, 0.4) is 0 Å². The molecule has 0 aliphatic heterocycles. The lowest BCUT2D eigenvalue weighted by Crippen LogP contribution is -1.85. The van der Waals surface area contributed by atoms with Gasteiger partial charge in [-0.1, -0.05) is 65.9 Å². The summed E-state index contributed by atoms with van der Waals surface area (Å²) in [6.45, 7) is 0. The number of nitrogens with zero attached hydrogens (tertiary/aromatic N) is 2. The molecule has 0 spiro atoms. The highest BCUT2D eigenvalue weighted by atomic mass is 32.1. The lowest BCUT2D eigenvalue weighted by molar-refractivity contribution is 1.01. The average molecular weight is 251 g/mol. The minimum atomic E-state index is 0.845. The van der Waals surface area contributed by atoms with Crippen molar-refractivity contribution in [2.75, 3.05) is 0 Å². The number of benzene rings is 2. The van der Waals surface area contributed by atoms with Crippen molar-refractivity contribution in [2.45, 2.75) is 6.42 Å². The molecule has 1 heterocycles. The Balaban J connectivity index is 1.82. The molecule has 2 aromatic carbocycles. The van der Waals surface area contributed by atoms with Crippen molar-refractivity contribution in [2.24, 2.45) is 0 Å². The largest absolute Gasteiger partial charge is 0.147 e. The van der Waals surface area contributed by atoms with Gasteiger partial charge in [-0.25, -0.2) is 0 Å². The van der Waals surface area contributed by atoms with Gasteiger partial charge in [0.05, 0.1) is 0 Å². The van der Waals surface area contributed by atoms with Crippen molar-refractivity contribution in [1.82, 2.24) is 10.2 Å². The van der Waals surface area contributed by atoms with Gasteiger partial charge < -0.3 is 0 Å². The Morgan fingerprint density at radius 2 is 1.72 bits per heavy atom. The van der Waals surface area contributed by atoms with Crippen molar-refractivity contribution in [3.63, 3.8) is 0 Å². The topological polar surface area (TPSA) is 25.8 Å². The van der Waals surface area contributed by atoms with Crippen LogP contribution < -0.4 is 0 Å². The molecule has 1 radical (unpaired) electrons. The van der Waals surface area contributed by atoms with Gasteiger partial charge in [-0.15, -0.1) is 10.2 Å². The van der Waals surface area contributed by atoms with Crippen LogP contribution in [-0.4, -0.2) is 10.2 Å². The van der Waals surface area contributed by atoms with E-state index in [1.807, 2.05) is 42.5 Å². The second-order valence-corrected chi connectivity index (χ2v) is 5.01. The number of aromatic nitrogens is 2. The first-order valence-electron chi connectivity index (χ1n) is 5.74. The van der Waals surface area contributed by atoms with E-state index in [4.69, 9.17) is 0 Å². The molecule has 2 nitrogen and oxygen atoms in total. The third-order valence-electron chi connectivity index (χ3n) is 2.63. The molecule has 0 amide bonds. The molecule has 0 bridgehead atoms. The van der Waals surface area contributed by atoms with Crippen LogP contribution in [0.4, 0.5) is 0 Å². The van der Waals surface area contributed by atoms with Crippen LogP contribution >= 0.6 is 11.3 Å². The van der Waals surface area contributed by atoms with E-state index in [2.05, 4.69) is 28.4 Å². The summed E-state index contributed by atoms with van der Waals surface area (Å²) in [5.74, 6) is 0. The first kappa shape index (κ1) is 11.1. The molecule has 18 heavy (non-hydrogen) atoms. The fourth-order valence-electron chi connectivity index (χ4n) is 1.74. The quantitative estimate of drug-likeness (QED) is 0.711.